The number of pyridine rings is 1. The van der Waals surface area contributed by atoms with Crippen LogP contribution in [-0.4, -0.2) is 29.9 Å². The average molecular weight is 253 g/mol. The van der Waals surface area contributed by atoms with Crippen LogP contribution in [0.4, 0.5) is 5.82 Å². The SMILES string of the molecule is CCOCCCNC(=S)Nc1ccc(C)cn1. The number of anilines is 1. The second kappa shape index (κ2) is 7.97. The smallest absolute Gasteiger partial charge is 0.171 e. The second-order valence-electron chi connectivity index (χ2n) is 3.65. The Kier molecular flexibility index (Phi) is 6.50. The molecule has 0 aliphatic heterocycles. The van der Waals surface area contributed by atoms with Crippen LogP contribution in [0.2, 0.25) is 0 Å². The van der Waals surface area contributed by atoms with Crippen LogP contribution in [0.3, 0.4) is 0 Å². The van der Waals surface area contributed by atoms with E-state index in [9.17, 15) is 0 Å². The van der Waals surface area contributed by atoms with Gasteiger partial charge in [-0.15, -0.1) is 0 Å². The summed E-state index contributed by atoms with van der Waals surface area (Å²) in [5.41, 5.74) is 1.13. The van der Waals surface area contributed by atoms with E-state index in [1.54, 1.807) is 6.20 Å². The van der Waals surface area contributed by atoms with Gasteiger partial charge in [0.15, 0.2) is 5.11 Å². The number of nitrogens with zero attached hydrogens (tertiary/aromatic N) is 1. The zero-order valence-corrected chi connectivity index (χ0v) is 11.1. The van der Waals surface area contributed by atoms with Gasteiger partial charge >= 0.3 is 0 Å². The van der Waals surface area contributed by atoms with E-state index in [-0.39, 0.29) is 0 Å². The maximum atomic E-state index is 5.23. The van der Waals surface area contributed by atoms with Crippen LogP contribution in [0, 0.1) is 6.92 Å². The molecule has 0 amide bonds. The number of hydrogen-bond acceptors (Lipinski definition) is 3. The third-order valence-electron chi connectivity index (χ3n) is 2.11. The van der Waals surface area contributed by atoms with Gasteiger partial charge in [-0.05, 0) is 44.1 Å². The minimum atomic E-state index is 0.595. The van der Waals surface area contributed by atoms with Crippen LogP contribution in [0.25, 0.3) is 0 Å². The highest BCUT2D eigenvalue weighted by molar-refractivity contribution is 7.80. The zero-order valence-electron chi connectivity index (χ0n) is 10.3. The summed E-state index contributed by atoms with van der Waals surface area (Å²) in [6.45, 7) is 6.31. The molecule has 0 aromatic carbocycles. The highest BCUT2D eigenvalue weighted by atomic mass is 32.1. The lowest BCUT2D eigenvalue weighted by Gasteiger charge is -2.09. The van der Waals surface area contributed by atoms with E-state index in [2.05, 4.69) is 15.6 Å². The number of aryl methyl sites for hydroxylation is 1. The van der Waals surface area contributed by atoms with Crippen molar-refractivity contribution in [3.63, 3.8) is 0 Å². The van der Waals surface area contributed by atoms with Crippen molar-refractivity contribution < 1.29 is 4.74 Å². The molecule has 94 valence electrons. The Morgan fingerprint density at radius 1 is 1.47 bits per heavy atom. The van der Waals surface area contributed by atoms with Crippen LogP contribution in [-0.2, 0) is 4.74 Å². The fourth-order valence-electron chi connectivity index (χ4n) is 1.22. The number of nitrogens with one attached hydrogen (secondary N) is 2. The van der Waals surface area contributed by atoms with Gasteiger partial charge in [-0.1, -0.05) is 6.07 Å². The quantitative estimate of drug-likeness (QED) is 0.600. The van der Waals surface area contributed by atoms with Crippen LogP contribution in [0.1, 0.15) is 18.9 Å². The van der Waals surface area contributed by atoms with E-state index in [1.807, 2.05) is 26.0 Å². The summed E-state index contributed by atoms with van der Waals surface area (Å²) in [6, 6.07) is 3.90. The van der Waals surface area contributed by atoms with Crippen LogP contribution in [0.15, 0.2) is 18.3 Å². The lowest BCUT2D eigenvalue weighted by Crippen LogP contribution is -2.30. The molecule has 0 fully saturated rings. The fraction of sp³-hybridized carbons (Fsp3) is 0.500. The predicted octanol–water partition coefficient (Wildman–Crippen LogP) is 2.10. The van der Waals surface area contributed by atoms with Gasteiger partial charge in [-0.25, -0.2) is 4.98 Å². The van der Waals surface area contributed by atoms with Crippen molar-refractivity contribution in [3.8, 4) is 0 Å². The van der Waals surface area contributed by atoms with Crippen molar-refractivity contribution in [2.75, 3.05) is 25.1 Å². The van der Waals surface area contributed by atoms with E-state index < -0.39 is 0 Å². The van der Waals surface area contributed by atoms with Gasteiger partial charge in [-0.3, -0.25) is 0 Å². The van der Waals surface area contributed by atoms with E-state index in [1.165, 1.54) is 0 Å². The Bertz CT molecular complexity index is 340. The molecule has 1 rings (SSSR count). The molecule has 0 saturated carbocycles. The number of rotatable bonds is 6. The zero-order chi connectivity index (χ0) is 12.5. The van der Waals surface area contributed by atoms with Gasteiger partial charge in [0, 0.05) is 26.0 Å². The summed E-state index contributed by atoms with van der Waals surface area (Å²) in [7, 11) is 0. The predicted molar refractivity (Wildman–Crippen MR) is 74.3 cm³/mol. The van der Waals surface area contributed by atoms with Gasteiger partial charge in [0.2, 0.25) is 0 Å². The highest BCUT2D eigenvalue weighted by Crippen LogP contribution is 2.03. The Balaban J connectivity index is 2.18. The van der Waals surface area contributed by atoms with Gasteiger partial charge in [0.1, 0.15) is 5.82 Å². The van der Waals surface area contributed by atoms with Gasteiger partial charge in [0.25, 0.3) is 0 Å². The van der Waals surface area contributed by atoms with Gasteiger partial charge < -0.3 is 15.4 Å². The number of aromatic nitrogens is 1. The Morgan fingerprint density at radius 2 is 2.29 bits per heavy atom. The first-order valence-electron chi connectivity index (χ1n) is 5.77. The minimum Gasteiger partial charge on any atom is -0.382 e. The molecule has 0 saturated heterocycles. The second-order valence-corrected chi connectivity index (χ2v) is 4.06. The molecule has 0 unspecified atom stereocenters. The maximum Gasteiger partial charge on any atom is 0.171 e. The van der Waals surface area contributed by atoms with Crippen molar-refractivity contribution in [2.24, 2.45) is 0 Å². The molecule has 5 heteroatoms. The van der Waals surface area contributed by atoms with E-state index in [4.69, 9.17) is 17.0 Å². The maximum absolute atomic E-state index is 5.23. The van der Waals surface area contributed by atoms with Crippen molar-refractivity contribution >= 4 is 23.1 Å². The van der Waals surface area contributed by atoms with E-state index in [0.717, 1.165) is 37.6 Å². The summed E-state index contributed by atoms with van der Waals surface area (Å²) >= 11 is 5.14. The third kappa shape index (κ3) is 6.19. The molecule has 1 aromatic rings. The molecular formula is C12H19N3OS. The average Bonchev–Trinajstić information content (AvgIpc) is 2.32. The van der Waals surface area contributed by atoms with Crippen LogP contribution in [0.5, 0.6) is 0 Å². The molecule has 2 N–H and O–H groups in total. The molecule has 1 aromatic heterocycles. The van der Waals surface area contributed by atoms with Gasteiger partial charge in [-0.2, -0.15) is 0 Å². The summed E-state index contributed by atoms with van der Waals surface area (Å²) in [5, 5.41) is 6.73. The fourth-order valence-corrected chi connectivity index (χ4v) is 1.43. The van der Waals surface area contributed by atoms with Gasteiger partial charge in [0.05, 0.1) is 0 Å². The Hall–Kier alpha value is -1.20. The minimum absolute atomic E-state index is 0.595. The first kappa shape index (κ1) is 13.9. The monoisotopic (exact) mass is 253 g/mol. The molecule has 0 radical (unpaired) electrons. The van der Waals surface area contributed by atoms with Crippen LogP contribution < -0.4 is 10.6 Å². The highest BCUT2D eigenvalue weighted by Gasteiger charge is 1.97. The molecule has 0 aliphatic carbocycles. The molecule has 0 atom stereocenters. The molecule has 17 heavy (non-hydrogen) atoms. The summed E-state index contributed by atoms with van der Waals surface area (Å²) in [6.07, 6.45) is 2.75. The summed E-state index contributed by atoms with van der Waals surface area (Å²) in [4.78, 5) is 4.21. The largest absolute Gasteiger partial charge is 0.382 e. The van der Waals surface area contributed by atoms with Crippen molar-refractivity contribution in [2.45, 2.75) is 20.3 Å². The molecule has 1 heterocycles. The van der Waals surface area contributed by atoms with E-state index >= 15 is 0 Å². The van der Waals surface area contributed by atoms with Crippen LogP contribution >= 0.6 is 12.2 Å². The molecule has 0 aliphatic rings. The third-order valence-corrected chi connectivity index (χ3v) is 2.35. The first-order valence-corrected chi connectivity index (χ1v) is 6.18. The molecule has 0 bridgehead atoms. The molecule has 0 spiro atoms. The lowest BCUT2D eigenvalue weighted by atomic mass is 10.3. The number of ether oxygens (including phenoxy) is 1. The first-order chi connectivity index (χ1) is 8.22. The van der Waals surface area contributed by atoms with E-state index in [0.29, 0.717) is 5.11 Å². The van der Waals surface area contributed by atoms with Crippen molar-refractivity contribution in [3.05, 3.63) is 23.9 Å². The number of thiocarbonyl (C=S) groups is 1. The number of hydrogen-bond donors (Lipinski definition) is 2. The lowest BCUT2D eigenvalue weighted by molar-refractivity contribution is 0.146. The standard InChI is InChI=1S/C12H19N3OS/c1-3-16-8-4-7-13-12(17)15-11-6-5-10(2)9-14-11/h5-6,9H,3-4,7-8H2,1-2H3,(H2,13,14,15,17). The topological polar surface area (TPSA) is 46.2 Å². The molecule has 4 nitrogen and oxygen atoms in total. The van der Waals surface area contributed by atoms with Crippen molar-refractivity contribution in [1.29, 1.82) is 0 Å². The van der Waals surface area contributed by atoms with Crippen molar-refractivity contribution in [1.82, 2.24) is 10.3 Å². The molecular weight excluding hydrogens is 234 g/mol. The summed E-state index contributed by atoms with van der Waals surface area (Å²) in [5.74, 6) is 0.762. The Morgan fingerprint density at radius 3 is 2.94 bits per heavy atom. The summed E-state index contributed by atoms with van der Waals surface area (Å²) < 4.78 is 5.23. The Labute approximate surface area is 108 Å². The normalized spacial score (nSPS) is 10.0.